The third-order valence-corrected chi connectivity index (χ3v) is 4.11. The second kappa shape index (κ2) is 8.06. The zero-order valence-electron chi connectivity index (χ0n) is 14.6. The molecule has 6 nitrogen and oxygen atoms in total. The summed E-state index contributed by atoms with van der Waals surface area (Å²) in [5, 5.41) is 2.85. The van der Waals surface area contributed by atoms with E-state index in [9.17, 15) is 14.4 Å². The maximum Gasteiger partial charge on any atom is 0.261 e. The molecule has 1 heterocycles. The first kappa shape index (κ1) is 18.1. The van der Waals surface area contributed by atoms with E-state index in [4.69, 9.17) is 0 Å². The van der Waals surface area contributed by atoms with Crippen molar-refractivity contribution in [2.75, 3.05) is 33.7 Å². The standard InChI is InChI=1S/C18H25N3O3/c1-4-5-11-21-17(23)14-8-7-13(12-15(14)18(21)24)16(22)19-9-6-10-20(2)3/h7-8,12H,4-6,9-11H2,1-3H3,(H,19,22)/p+1. The molecule has 6 heteroatoms. The fraction of sp³-hybridized carbons (Fsp3) is 0.500. The molecule has 0 bridgehead atoms. The molecular weight excluding hydrogens is 306 g/mol. The van der Waals surface area contributed by atoms with Gasteiger partial charge in [-0.2, -0.15) is 0 Å². The minimum absolute atomic E-state index is 0.209. The summed E-state index contributed by atoms with van der Waals surface area (Å²) in [4.78, 5) is 39.5. The molecular formula is C18H26N3O3+. The second-order valence-corrected chi connectivity index (χ2v) is 6.44. The number of fused-ring (bicyclic) bond motifs is 1. The monoisotopic (exact) mass is 332 g/mol. The Balaban J connectivity index is 2.04. The van der Waals surface area contributed by atoms with Crippen molar-refractivity contribution in [3.63, 3.8) is 0 Å². The van der Waals surface area contributed by atoms with Gasteiger partial charge in [-0.05, 0) is 24.6 Å². The predicted octanol–water partition coefficient (Wildman–Crippen LogP) is 0.347. The highest BCUT2D eigenvalue weighted by atomic mass is 16.2. The maximum atomic E-state index is 12.4. The number of carbonyl (C=O) groups excluding carboxylic acids is 3. The van der Waals surface area contributed by atoms with Crippen LogP contribution in [0, 0.1) is 0 Å². The van der Waals surface area contributed by atoms with Crippen LogP contribution in [-0.2, 0) is 0 Å². The van der Waals surface area contributed by atoms with Crippen LogP contribution in [0.3, 0.4) is 0 Å². The molecule has 1 aromatic rings. The summed E-state index contributed by atoms with van der Waals surface area (Å²) < 4.78 is 0. The van der Waals surface area contributed by atoms with Gasteiger partial charge in [0.1, 0.15) is 0 Å². The van der Waals surface area contributed by atoms with Crippen LogP contribution in [0.25, 0.3) is 0 Å². The third-order valence-electron chi connectivity index (χ3n) is 4.11. The Hall–Kier alpha value is -2.21. The Kier molecular flexibility index (Phi) is 6.09. The summed E-state index contributed by atoms with van der Waals surface area (Å²) in [6, 6.07) is 4.73. The fourth-order valence-corrected chi connectivity index (χ4v) is 2.70. The lowest BCUT2D eigenvalue weighted by Crippen LogP contribution is -3.05. The van der Waals surface area contributed by atoms with Crippen LogP contribution < -0.4 is 10.2 Å². The zero-order valence-corrected chi connectivity index (χ0v) is 14.6. The summed E-state index contributed by atoms with van der Waals surface area (Å²) in [6.45, 7) is 4.01. The molecule has 2 rings (SSSR count). The molecule has 0 saturated carbocycles. The molecule has 2 N–H and O–H groups in total. The van der Waals surface area contributed by atoms with Crippen molar-refractivity contribution in [1.82, 2.24) is 10.2 Å². The van der Waals surface area contributed by atoms with E-state index in [1.165, 1.54) is 15.9 Å². The lowest BCUT2D eigenvalue weighted by molar-refractivity contribution is -0.858. The van der Waals surface area contributed by atoms with Crippen LogP contribution in [-0.4, -0.2) is 56.4 Å². The van der Waals surface area contributed by atoms with Crippen LogP contribution >= 0.6 is 0 Å². The van der Waals surface area contributed by atoms with Gasteiger partial charge in [0.05, 0.1) is 31.8 Å². The smallest absolute Gasteiger partial charge is 0.261 e. The first-order valence-electron chi connectivity index (χ1n) is 8.53. The molecule has 0 unspecified atom stereocenters. The van der Waals surface area contributed by atoms with Crippen molar-refractivity contribution in [2.24, 2.45) is 0 Å². The molecule has 1 aromatic carbocycles. The first-order chi connectivity index (χ1) is 11.5. The predicted molar refractivity (Wildman–Crippen MR) is 91.3 cm³/mol. The number of imide groups is 1. The van der Waals surface area contributed by atoms with Gasteiger partial charge in [0.2, 0.25) is 0 Å². The van der Waals surface area contributed by atoms with Gasteiger partial charge >= 0.3 is 0 Å². The van der Waals surface area contributed by atoms with Gasteiger partial charge < -0.3 is 10.2 Å². The van der Waals surface area contributed by atoms with E-state index in [1.54, 1.807) is 12.1 Å². The summed E-state index contributed by atoms with van der Waals surface area (Å²) in [5.74, 6) is -0.766. The number of hydrogen-bond acceptors (Lipinski definition) is 3. The topological polar surface area (TPSA) is 70.9 Å². The summed E-state index contributed by atoms with van der Waals surface area (Å²) in [5.41, 5.74) is 1.15. The van der Waals surface area contributed by atoms with E-state index in [2.05, 4.69) is 19.4 Å². The van der Waals surface area contributed by atoms with Gasteiger partial charge in [0.25, 0.3) is 17.7 Å². The molecule has 0 radical (unpaired) electrons. The zero-order chi connectivity index (χ0) is 17.7. The number of unbranched alkanes of at least 4 members (excludes halogenated alkanes) is 1. The number of nitrogens with one attached hydrogen (secondary N) is 2. The third kappa shape index (κ3) is 4.00. The first-order valence-corrected chi connectivity index (χ1v) is 8.53. The number of nitrogens with zero attached hydrogens (tertiary/aromatic N) is 1. The Morgan fingerprint density at radius 1 is 1.12 bits per heavy atom. The van der Waals surface area contributed by atoms with E-state index >= 15 is 0 Å². The summed E-state index contributed by atoms with van der Waals surface area (Å²) >= 11 is 0. The molecule has 0 aliphatic carbocycles. The van der Waals surface area contributed by atoms with Crippen molar-refractivity contribution in [3.8, 4) is 0 Å². The molecule has 0 fully saturated rings. The van der Waals surface area contributed by atoms with Gasteiger partial charge in [-0.1, -0.05) is 13.3 Å². The SMILES string of the molecule is CCCCN1C(=O)c2ccc(C(=O)NCCC[NH+](C)C)cc2C1=O. The van der Waals surface area contributed by atoms with Gasteiger partial charge in [0.15, 0.2) is 0 Å². The maximum absolute atomic E-state index is 12.4. The van der Waals surface area contributed by atoms with E-state index < -0.39 is 0 Å². The van der Waals surface area contributed by atoms with Crippen molar-refractivity contribution in [3.05, 3.63) is 34.9 Å². The molecule has 130 valence electrons. The largest absolute Gasteiger partial charge is 0.352 e. The van der Waals surface area contributed by atoms with E-state index in [-0.39, 0.29) is 17.7 Å². The number of quaternary nitrogens is 1. The minimum Gasteiger partial charge on any atom is -0.352 e. The van der Waals surface area contributed by atoms with Gasteiger partial charge in [-0.3, -0.25) is 19.3 Å². The Morgan fingerprint density at radius 3 is 2.50 bits per heavy atom. The second-order valence-electron chi connectivity index (χ2n) is 6.44. The number of rotatable bonds is 8. The molecule has 0 atom stereocenters. The van der Waals surface area contributed by atoms with E-state index in [0.717, 1.165) is 25.8 Å². The Bertz CT molecular complexity index is 640. The normalized spacial score (nSPS) is 13.6. The molecule has 1 aliphatic heterocycles. The lowest BCUT2D eigenvalue weighted by atomic mass is 10.1. The van der Waals surface area contributed by atoms with Crippen molar-refractivity contribution >= 4 is 17.7 Å². The molecule has 0 aromatic heterocycles. The van der Waals surface area contributed by atoms with Crippen molar-refractivity contribution in [2.45, 2.75) is 26.2 Å². The minimum atomic E-state index is -0.297. The molecule has 0 saturated heterocycles. The molecule has 24 heavy (non-hydrogen) atoms. The average molecular weight is 332 g/mol. The molecule has 3 amide bonds. The van der Waals surface area contributed by atoms with Crippen LogP contribution in [0.4, 0.5) is 0 Å². The Labute approximate surface area is 142 Å². The van der Waals surface area contributed by atoms with Crippen LogP contribution in [0.1, 0.15) is 57.3 Å². The lowest BCUT2D eigenvalue weighted by Gasteiger charge is -2.12. The van der Waals surface area contributed by atoms with E-state index in [1.807, 2.05) is 6.92 Å². The summed E-state index contributed by atoms with van der Waals surface area (Å²) in [6.07, 6.45) is 2.59. The highest BCUT2D eigenvalue weighted by Crippen LogP contribution is 2.24. The van der Waals surface area contributed by atoms with Gasteiger partial charge in [-0.15, -0.1) is 0 Å². The van der Waals surface area contributed by atoms with Gasteiger partial charge in [0, 0.05) is 25.1 Å². The number of amides is 3. The van der Waals surface area contributed by atoms with Crippen molar-refractivity contribution < 1.29 is 19.3 Å². The highest BCUT2D eigenvalue weighted by molar-refractivity contribution is 6.22. The van der Waals surface area contributed by atoms with Crippen LogP contribution in [0.2, 0.25) is 0 Å². The quantitative estimate of drug-likeness (QED) is 0.533. The molecule has 0 spiro atoms. The van der Waals surface area contributed by atoms with Crippen LogP contribution in [0.5, 0.6) is 0 Å². The van der Waals surface area contributed by atoms with Crippen LogP contribution in [0.15, 0.2) is 18.2 Å². The number of hydrogen-bond donors (Lipinski definition) is 2. The number of benzene rings is 1. The fourth-order valence-electron chi connectivity index (χ4n) is 2.70. The van der Waals surface area contributed by atoms with Gasteiger partial charge in [-0.25, -0.2) is 0 Å². The summed E-state index contributed by atoms with van der Waals surface area (Å²) in [7, 11) is 4.13. The number of carbonyl (C=O) groups is 3. The average Bonchev–Trinajstić information content (AvgIpc) is 2.80. The Morgan fingerprint density at radius 2 is 1.83 bits per heavy atom. The van der Waals surface area contributed by atoms with E-state index in [0.29, 0.717) is 29.8 Å². The van der Waals surface area contributed by atoms with Crippen molar-refractivity contribution in [1.29, 1.82) is 0 Å². The highest BCUT2D eigenvalue weighted by Gasteiger charge is 2.35. The molecule has 1 aliphatic rings.